The number of hydrogen-bond donors (Lipinski definition) is 2. The number of hydrogen-bond acceptors (Lipinski definition) is 4. The predicted molar refractivity (Wildman–Crippen MR) is 65.8 cm³/mol. The van der Waals surface area contributed by atoms with Gasteiger partial charge in [0.25, 0.3) is 0 Å². The Labute approximate surface area is 101 Å². The van der Waals surface area contributed by atoms with Gasteiger partial charge in [0, 0.05) is 6.61 Å². The third-order valence-corrected chi connectivity index (χ3v) is 2.92. The van der Waals surface area contributed by atoms with Gasteiger partial charge in [-0.25, -0.2) is 0 Å². The summed E-state index contributed by atoms with van der Waals surface area (Å²) in [7, 11) is 0. The molecule has 3 N–H and O–H groups in total. The molecule has 1 saturated heterocycles. The van der Waals surface area contributed by atoms with Crippen LogP contribution in [0.3, 0.4) is 0 Å². The second kappa shape index (κ2) is 5.89. The van der Waals surface area contributed by atoms with E-state index in [4.69, 9.17) is 15.2 Å². The lowest BCUT2D eigenvalue weighted by molar-refractivity contribution is -0.161. The Morgan fingerprint density at radius 1 is 1.41 bits per heavy atom. The van der Waals surface area contributed by atoms with Crippen LogP contribution in [0.2, 0.25) is 0 Å². The van der Waals surface area contributed by atoms with Crippen LogP contribution >= 0.6 is 0 Å². The molecule has 1 aromatic carbocycles. The highest BCUT2D eigenvalue weighted by molar-refractivity contribution is 5.53. The van der Waals surface area contributed by atoms with Crippen LogP contribution in [0, 0.1) is 0 Å². The Morgan fingerprint density at radius 2 is 2.29 bits per heavy atom. The summed E-state index contributed by atoms with van der Waals surface area (Å²) in [5.74, 6) is 0.130. The Bertz CT molecular complexity index is 362. The molecule has 17 heavy (non-hydrogen) atoms. The summed E-state index contributed by atoms with van der Waals surface area (Å²) in [5, 5.41) is 9.30. The van der Waals surface area contributed by atoms with Gasteiger partial charge in [-0.2, -0.15) is 0 Å². The van der Waals surface area contributed by atoms with E-state index in [1.54, 1.807) is 12.1 Å². The van der Waals surface area contributed by atoms with E-state index in [0.717, 1.165) is 31.4 Å². The Hall–Kier alpha value is -1.26. The lowest BCUT2D eigenvalue weighted by Crippen LogP contribution is -2.23. The van der Waals surface area contributed by atoms with E-state index in [2.05, 4.69) is 0 Å². The minimum absolute atomic E-state index is 0.0433. The van der Waals surface area contributed by atoms with Crippen molar-refractivity contribution in [1.29, 1.82) is 0 Å². The highest BCUT2D eigenvalue weighted by atomic mass is 16.7. The van der Waals surface area contributed by atoms with Crippen LogP contribution in [0.15, 0.2) is 18.2 Å². The molecular formula is C13H19NO3. The molecule has 94 valence electrons. The zero-order valence-electron chi connectivity index (χ0n) is 9.89. The van der Waals surface area contributed by atoms with Crippen LogP contribution in [0.4, 0.5) is 5.69 Å². The smallest absolute Gasteiger partial charge is 0.157 e. The van der Waals surface area contributed by atoms with Crippen molar-refractivity contribution in [3.8, 4) is 5.75 Å². The fraction of sp³-hybridized carbons (Fsp3) is 0.538. The summed E-state index contributed by atoms with van der Waals surface area (Å²) in [6.07, 6.45) is 4.03. The van der Waals surface area contributed by atoms with Gasteiger partial charge in [-0.05, 0) is 43.4 Å². The Kier molecular flexibility index (Phi) is 4.23. The topological polar surface area (TPSA) is 64.7 Å². The minimum Gasteiger partial charge on any atom is -0.506 e. The zero-order chi connectivity index (χ0) is 12.1. The molecule has 0 saturated carbocycles. The van der Waals surface area contributed by atoms with E-state index in [9.17, 15) is 5.11 Å². The number of nitrogen functional groups attached to an aromatic ring is 1. The number of benzene rings is 1. The van der Waals surface area contributed by atoms with Gasteiger partial charge in [-0.3, -0.25) is 0 Å². The number of rotatable bonds is 4. The quantitative estimate of drug-likeness (QED) is 0.621. The van der Waals surface area contributed by atoms with Crippen LogP contribution in [-0.4, -0.2) is 24.6 Å². The summed E-state index contributed by atoms with van der Waals surface area (Å²) >= 11 is 0. The van der Waals surface area contributed by atoms with Gasteiger partial charge < -0.3 is 20.3 Å². The molecule has 1 atom stereocenters. The maximum atomic E-state index is 9.30. The third kappa shape index (κ3) is 3.61. The molecule has 1 heterocycles. The summed E-state index contributed by atoms with van der Waals surface area (Å²) in [6.45, 7) is 1.42. The van der Waals surface area contributed by atoms with Gasteiger partial charge in [-0.1, -0.05) is 6.07 Å². The van der Waals surface area contributed by atoms with Crippen LogP contribution in [0.5, 0.6) is 5.75 Å². The van der Waals surface area contributed by atoms with Crippen molar-refractivity contribution < 1.29 is 14.6 Å². The summed E-state index contributed by atoms with van der Waals surface area (Å²) in [4.78, 5) is 0. The van der Waals surface area contributed by atoms with Gasteiger partial charge in [0.15, 0.2) is 6.29 Å². The molecule has 2 rings (SSSR count). The van der Waals surface area contributed by atoms with E-state index in [-0.39, 0.29) is 12.0 Å². The van der Waals surface area contributed by atoms with Gasteiger partial charge in [0.05, 0.1) is 12.3 Å². The summed E-state index contributed by atoms with van der Waals surface area (Å²) in [5.41, 5.74) is 7.10. The molecule has 0 bridgehead atoms. The molecule has 4 nitrogen and oxygen atoms in total. The average molecular weight is 237 g/mol. The van der Waals surface area contributed by atoms with Crippen LogP contribution in [0.1, 0.15) is 24.8 Å². The maximum absolute atomic E-state index is 9.30. The monoisotopic (exact) mass is 237 g/mol. The van der Waals surface area contributed by atoms with Crippen molar-refractivity contribution in [1.82, 2.24) is 0 Å². The van der Waals surface area contributed by atoms with Crippen LogP contribution in [-0.2, 0) is 15.9 Å². The molecule has 0 amide bonds. The standard InChI is InChI=1S/C13H19NO3/c14-11-9-10(4-5-12(11)15)6-8-17-13-3-1-2-7-16-13/h4-5,9,13,15H,1-3,6-8,14H2. The first-order chi connectivity index (χ1) is 8.25. The number of anilines is 1. The fourth-order valence-corrected chi connectivity index (χ4v) is 1.91. The highest BCUT2D eigenvalue weighted by Crippen LogP contribution is 2.21. The van der Waals surface area contributed by atoms with Crippen LogP contribution < -0.4 is 5.73 Å². The lowest BCUT2D eigenvalue weighted by Gasteiger charge is -2.22. The third-order valence-electron chi connectivity index (χ3n) is 2.92. The normalized spacial score (nSPS) is 20.4. The largest absolute Gasteiger partial charge is 0.506 e. The SMILES string of the molecule is Nc1cc(CCOC2CCCCO2)ccc1O. The minimum atomic E-state index is -0.0433. The maximum Gasteiger partial charge on any atom is 0.157 e. The molecule has 1 unspecified atom stereocenters. The first-order valence-electron chi connectivity index (χ1n) is 6.06. The van der Waals surface area contributed by atoms with Crippen molar-refractivity contribution in [2.24, 2.45) is 0 Å². The van der Waals surface area contributed by atoms with Crippen molar-refractivity contribution in [3.63, 3.8) is 0 Å². The lowest BCUT2D eigenvalue weighted by atomic mass is 10.1. The van der Waals surface area contributed by atoms with E-state index < -0.39 is 0 Å². The predicted octanol–water partition coefficient (Wildman–Crippen LogP) is 2.06. The number of aromatic hydroxyl groups is 1. The zero-order valence-corrected chi connectivity index (χ0v) is 9.89. The first-order valence-corrected chi connectivity index (χ1v) is 6.06. The van der Waals surface area contributed by atoms with Crippen molar-refractivity contribution in [2.45, 2.75) is 32.0 Å². The van der Waals surface area contributed by atoms with Crippen molar-refractivity contribution >= 4 is 5.69 Å². The van der Waals surface area contributed by atoms with Crippen molar-refractivity contribution in [3.05, 3.63) is 23.8 Å². The molecule has 1 aliphatic heterocycles. The summed E-state index contributed by atoms with van der Waals surface area (Å²) in [6, 6.07) is 5.25. The Morgan fingerprint density at radius 3 is 3.00 bits per heavy atom. The molecule has 0 radical (unpaired) electrons. The highest BCUT2D eigenvalue weighted by Gasteiger charge is 2.13. The molecule has 0 spiro atoms. The fourth-order valence-electron chi connectivity index (χ4n) is 1.91. The molecule has 4 heteroatoms. The van der Waals surface area contributed by atoms with E-state index >= 15 is 0 Å². The molecular weight excluding hydrogens is 218 g/mol. The Balaban J connectivity index is 1.75. The average Bonchev–Trinajstić information content (AvgIpc) is 2.35. The van der Waals surface area contributed by atoms with Gasteiger partial charge >= 0.3 is 0 Å². The van der Waals surface area contributed by atoms with E-state index in [0.29, 0.717) is 12.3 Å². The van der Waals surface area contributed by atoms with Gasteiger partial charge in [0.2, 0.25) is 0 Å². The number of ether oxygens (including phenoxy) is 2. The van der Waals surface area contributed by atoms with E-state index in [1.165, 1.54) is 6.42 Å². The van der Waals surface area contributed by atoms with Gasteiger partial charge in [-0.15, -0.1) is 0 Å². The molecule has 1 aromatic rings. The number of phenolic OH excluding ortho intramolecular Hbond substituents is 1. The molecule has 0 aliphatic carbocycles. The van der Waals surface area contributed by atoms with Crippen molar-refractivity contribution in [2.75, 3.05) is 18.9 Å². The first kappa shape index (κ1) is 12.2. The second-order valence-electron chi connectivity index (χ2n) is 4.31. The molecule has 0 aromatic heterocycles. The number of phenols is 1. The molecule has 1 fully saturated rings. The van der Waals surface area contributed by atoms with Gasteiger partial charge in [0.1, 0.15) is 5.75 Å². The molecule has 1 aliphatic rings. The summed E-state index contributed by atoms with van der Waals surface area (Å²) < 4.78 is 11.1. The second-order valence-corrected chi connectivity index (χ2v) is 4.31. The van der Waals surface area contributed by atoms with E-state index in [1.807, 2.05) is 6.07 Å². The number of nitrogens with two attached hydrogens (primary N) is 1. The van der Waals surface area contributed by atoms with Crippen LogP contribution in [0.25, 0.3) is 0 Å².